The summed E-state index contributed by atoms with van der Waals surface area (Å²) in [5.74, 6) is 0.101. The lowest BCUT2D eigenvalue weighted by molar-refractivity contribution is 0.0660. The molecule has 2 heterocycles. The maximum absolute atomic E-state index is 12.2. The minimum Gasteiger partial charge on any atom is -0.486 e. The molecule has 2 amide bonds. The molecule has 4 rings (SSSR count). The van der Waals surface area contributed by atoms with Gasteiger partial charge in [-0.2, -0.15) is 10.1 Å². The third-order valence-electron chi connectivity index (χ3n) is 3.71. The third-order valence-corrected chi connectivity index (χ3v) is 3.99. The minimum absolute atomic E-state index is 0.347. The number of ether oxygens (including phenoxy) is 2. The normalized spacial score (nSPS) is 16.0. The van der Waals surface area contributed by atoms with Crippen molar-refractivity contribution in [3.8, 4) is 11.5 Å². The molecule has 0 saturated heterocycles. The van der Waals surface area contributed by atoms with Crippen molar-refractivity contribution in [1.82, 2.24) is 5.01 Å². The van der Waals surface area contributed by atoms with Gasteiger partial charge < -0.3 is 9.47 Å². The Bertz CT molecular complexity index is 859. The summed E-state index contributed by atoms with van der Waals surface area (Å²) in [7, 11) is 0. The Balaban J connectivity index is 1.64. The molecule has 24 heavy (non-hydrogen) atoms. The highest BCUT2D eigenvalue weighted by molar-refractivity contribution is 6.32. The Morgan fingerprint density at radius 3 is 2.42 bits per heavy atom. The van der Waals surface area contributed by atoms with Crippen LogP contribution < -0.4 is 9.47 Å². The molecule has 2 aromatic carbocycles. The number of fused-ring (bicyclic) bond motifs is 2. The van der Waals surface area contributed by atoms with E-state index in [2.05, 4.69) is 5.10 Å². The number of halogens is 1. The van der Waals surface area contributed by atoms with Crippen LogP contribution in [-0.2, 0) is 0 Å². The lowest BCUT2D eigenvalue weighted by Gasteiger charge is -2.19. The fraction of sp³-hybridized carbons (Fsp3) is 0.118. The van der Waals surface area contributed by atoms with E-state index in [1.54, 1.807) is 36.4 Å². The zero-order chi connectivity index (χ0) is 16.7. The van der Waals surface area contributed by atoms with Crippen LogP contribution in [0.25, 0.3) is 0 Å². The average Bonchev–Trinajstić information content (AvgIpc) is 2.85. The minimum atomic E-state index is -0.449. The van der Waals surface area contributed by atoms with Gasteiger partial charge in [-0.1, -0.05) is 23.7 Å². The van der Waals surface area contributed by atoms with E-state index in [1.807, 2.05) is 0 Å². The van der Waals surface area contributed by atoms with Crippen LogP contribution in [0.4, 0.5) is 0 Å². The van der Waals surface area contributed by atoms with Gasteiger partial charge in [0.1, 0.15) is 13.2 Å². The monoisotopic (exact) mass is 342 g/mol. The summed E-state index contributed by atoms with van der Waals surface area (Å²) < 4.78 is 10.9. The maximum Gasteiger partial charge on any atom is 0.282 e. The first-order valence-electron chi connectivity index (χ1n) is 7.26. The molecule has 0 saturated carbocycles. The zero-order valence-electron chi connectivity index (χ0n) is 12.4. The van der Waals surface area contributed by atoms with Crippen molar-refractivity contribution in [1.29, 1.82) is 0 Å². The van der Waals surface area contributed by atoms with Crippen LogP contribution in [0, 0.1) is 0 Å². The molecule has 0 fully saturated rings. The molecule has 0 spiro atoms. The van der Waals surface area contributed by atoms with E-state index in [0.29, 0.717) is 46.4 Å². The highest BCUT2D eigenvalue weighted by atomic mass is 35.5. The van der Waals surface area contributed by atoms with E-state index in [9.17, 15) is 9.59 Å². The number of carbonyl (C=O) groups excluding carboxylic acids is 2. The number of hydrogen-bond donors (Lipinski definition) is 0. The van der Waals surface area contributed by atoms with E-state index in [1.165, 1.54) is 6.21 Å². The molecule has 2 aliphatic heterocycles. The van der Waals surface area contributed by atoms with Crippen molar-refractivity contribution >= 4 is 29.6 Å². The average molecular weight is 343 g/mol. The molecule has 120 valence electrons. The van der Waals surface area contributed by atoms with Crippen LogP contribution in [0.3, 0.4) is 0 Å². The highest BCUT2D eigenvalue weighted by Crippen LogP contribution is 2.38. The second kappa shape index (κ2) is 5.65. The van der Waals surface area contributed by atoms with Crippen molar-refractivity contribution in [3.05, 3.63) is 58.1 Å². The molecule has 0 atom stereocenters. The fourth-order valence-electron chi connectivity index (χ4n) is 2.61. The van der Waals surface area contributed by atoms with Crippen LogP contribution in [-0.4, -0.2) is 36.3 Å². The highest BCUT2D eigenvalue weighted by Gasteiger charge is 2.35. The van der Waals surface area contributed by atoms with Crippen LogP contribution in [0.2, 0.25) is 5.02 Å². The number of imide groups is 1. The summed E-state index contributed by atoms with van der Waals surface area (Å²) in [5, 5.41) is 5.24. The molecule has 6 nitrogen and oxygen atoms in total. The van der Waals surface area contributed by atoms with Gasteiger partial charge in [-0.25, -0.2) is 0 Å². The molecule has 0 aliphatic carbocycles. The predicted molar refractivity (Wildman–Crippen MR) is 87.0 cm³/mol. The number of nitrogens with zero attached hydrogens (tertiary/aromatic N) is 2. The number of carbonyl (C=O) groups is 2. The summed E-state index contributed by atoms with van der Waals surface area (Å²) in [6, 6.07) is 9.95. The first kappa shape index (κ1) is 14.7. The van der Waals surface area contributed by atoms with Gasteiger partial charge in [-0.05, 0) is 29.8 Å². The fourth-order valence-corrected chi connectivity index (χ4v) is 2.88. The van der Waals surface area contributed by atoms with E-state index < -0.39 is 11.8 Å². The van der Waals surface area contributed by atoms with Crippen LogP contribution in [0.1, 0.15) is 26.3 Å². The Morgan fingerprint density at radius 2 is 1.71 bits per heavy atom. The Labute approximate surface area is 142 Å². The lowest BCUT2D eigenvalue weighted by atomic mass is 10.1. The van der Waals surface area contributed by atoms with Crippen molar-refractivity contribution in [2.75, 3.05) is 13.2 Å². The van der Waals surface area contributed by atoms with Gasteiger partial charge in [0.2, 0.25) is 0 Å². The molecule has 7 heteroatoms. The van der Waals surface area contributed by atoms with Crippen molar-refractivity contribution < 1.29 is 19.1 Å². The van der Waals surface area contributed by atoms with Crippen LogP contribution in [0.15, 0.2) is 41.5 Å². The SMILES string of the molecule is O=C1c2ccccc2C(=O)N1/N=C\c1cc(Cl)c2c(c1)OCCO2. The number of amides is 2. The van der Waals surface area contributed by atoms with Gasteiger partial charge in [-0.3, -0.25) is 9.59 Å². The number of hydrogen-bond acceptors (Lipinski definition) is 5. The van der Waals surface area contributed by atoms with E-state index in [4.69, 9.17) is 21.1 Å². The van der Waals surface area contributed by atoms with E-state index >= 15 is 0 Å². The second-order valence-corrected chi connectivity index (χ2v) is 5.65. The lowest BCUT2D eigenvalue weighted by Crippen LogP contribution is -2.24. The first-order chi connectivity index (χ1) is 11.6. The van der Waals surface area contributed by atoms with Gasteiger partial charge >= 0.3 is 0 Å². The Morgan fingerprint density at radius 1 is 1.04 bits per heavy atom. The zero-order valence-corrected chi connectivity index (χ0v) is 13.1. The molecule has 0 unspecified atom stereocenters. The first-order valence-corrected chi connectivity index (χ1v) is 7.64. The maximum atomic E-state index is 12.2. The standard InChI is InChI=1S/C17H11ClN2O4/c18-13-7-10(8-14-15(13)24-6-5-23-14)9-19-20-16(21)11-3-1-2-4-12(11)17(20)22/h1-4,7-9H,5-6H2/b19-9-. The Kier molecular flexibility index (Phi) is 3.46. The largest absolute Gasteiger partial charge is 0.486 e. The van der Waals surface area contributed by atoms with Crippen molar-refractivity contribution in [2.24, 2.45) is 5.10 Å². The molecular weight excluding hydrogens is 332 g/mol. The summed E-state index contributed by atoms with van der Waals surface area (Å²) in [6.07, 6.45) is 1.39. The third kappa shape index (κ3) is 2.32. The molecule has 2 aliphatic rings. The molecule has 2 aromatic rings. The number of rotatable bonds is 2. The molecule has 0 aromatic heterocycles. The van der Waals surface area contributed by atoms with E-state index in [0.717, 1.165) is 5.01 Å². The van der Waals surface area contributed by atoms with Crippen LogP contribution in [0.5, 0.6) is 11.5 Å². The summed E-state index contributed by atoms with van der Waals surface area (Å²) >= 11 is 6.16. The van der Waals surface area contributed by atoms with Gasteiger partial charge in [0.25, 0.3) is 11.8 Å². The molecule has 0 radical (unpaired) electrons. The Hall–Kier alpha value is -2.86. The topological polar surface area (TPSA) is 68.2 Å². The van der Waals surface area contributed by atoms with Gasteiger partial charge in [0, 0.05) is 0 Å². The van der Waals surface area contributed by atoms with E-state index in [-0.39, 0.29) is 0 Å². The van der Waals surface area contributed by atoms with Crippen LogP contribution >= 0.6 is 11.6 Å². The quantitative estimate of drug-likeness (QED) is 0.621. The predicted octanol–water partition coefficient (Wildman–Crippen LogP) is 2.74. The summed E-state index contributed by atoms with van der Waals surface area (Å²) in [6.45, 7) is 0.873. The van der Waals surface area contributed by atoms with Gasteiger partial charge in [-0.15, -0.1) is 0 Å². The van der Waals surface area contributed by atoms with Crippen molar-refractivity contribution in [3.63, 3.8) is 0 Å². The molecule has 0 N–H and O–H groups in total. The smallest absolute Gasteiger partial charge is 0.282 e. The van der Waals surface area contributed by atoms with Crippen molar-refractivity contribution in [2.45, 2.75) is 0 Å². The second-order valence-electron chi connectivity index (χ2n) is 5.24. The summed E-state index contributed by atoms with van der Waals surface area (Å²) in [4.78, 5) is 24.5. The molecular formula is C17H11ClN2O4. The summed E-state index contributed by atoms with van der Waals surface area (Å²) in [5.41, 5.74) is 1.29. The number of benzene rings is 2. The van der Waals surface area contributed by atoms with Gasteiger partial charge in [0.05, 0.1) is 22.4 Å². The molecule has 0 bridgehead atoms. The number of hydrazone groups is 1. The van der Waals surface area contributed by atoms with Gasteiger partial charge in [0.15, 0.2) is 11.5 Å².